The van der Waals surface area contributed by atoms with E-state index in [-0.39, 0.29) is 13.0 Å². The highest BCUT2D eigenvalue weighted by Crippen LogP contribution is 1.95. The van der Waals surface area contributed by atoms with Gasteiger partial charge in [-0.05, 0) is 7.05 Å². The van der Waals surface area contributed by atoms with Crippen molar-refractivity contribution >= 4 is 11.9 Å². The zero-order valence-electron chi connectivity index (χ0n) is 7.45. The third-order valence-corrected chi connectivity index (χ3v) is 1.36. The normalized spacial score (nSPS) is 11.8. The van der Waals surface area contributed by atoms with Gasteiger partial charge < -0.3 is 15.2 Å². The minimum absolute atomic E-state index is 0.0939. The maximum atomic E-state index is 11.1. The monoisotopic (exact) mass is 187 g/mol. The summed E-state index contributed by atoms with van der Waals surface area (Å²) in [6.45, 7) is 3.46. The Hall–Kier alpha value is -1.36. The van der Waals surface area contributed by atoms with Crippen molar-refractivity contribution < 1.29 is 19.4 Å². The van der Waals surface area contributed by atoms with Gasteiger partial charge in [0.1, 0.15) is 12.6 Å². The average molecular weight is 187 g/mol. The number of aliphatic carboxylic acids is 1. The molecule has 0 saturated heterocycles. The summed E-state index contributed by atoms with van der Waals surface area (Å²) in [5, 5.41) is 11.0. The van der Waals surface area contributed by atoms with Crippen LogP contribution >= 0.6 is 0 Å². The van der Waals surface area contributed by atoms with Crippen molar-refractivity contribution in [3.63, 3.8) is 0 Å². The molecule has 0 bridgehead atoms. The van der Waals surface area contributed by atoms with Gasteiger partial charge in [-0.1, -0.05) is 12.7 Å². The molecule has 0 radical (unpaired) electrons. The summed E-state index contributed by atoms with van der Waals surface area (Å²) in [6.07, 6.45) is 1.14. The number of hydrogen-bond donors (Lipinski definition) is 2. The van der Waals surface area contributed by atoms with Crippen LogP contribution in [0, 0.1) is 0 Å². The third kappa shape index (κ3) is 4.97. The van der Waals surface area contributed by atoms with Crippen LogP contribution < -0.4 is 5.32 Å². The Morgan fingerprint density at radius 1 is 1.69 bits per heavy atom. The maximum Gasteiger partial charge on any atom is 0.324 e. The Labute approximate surface area is 76.4 Å². The van der Waals surface area contributed by atoms with E-state index in [0.29, 0.717) is 0 Å². The molecule has 74 valence electrons. The molecule has 0 aliphatic heterocycles. The van der Waals surface area contributed by atoms with E-state index in [0.717, 1.165) is 0 Å². The molecule has 0 aromatic heterocycles. The molecular weight excluding hydrogens is 174 g/mol. The lowest BCUT2D eigenvalue weighted by molar-refractivity contribution is -0.149. The van der Waals surface area contributed by atoms with E-state index < -0.39 is 18.0 Å². The van der Waals surface area contributed by atoms with Crippen molar-refractivity contribution in [3.8, 4) is 0 Å². The summed E-state index contributed by atoms with van der Waals surface area (Å²) in [7, 11) is 1.50. The number of carbonyl (C=O) groups excluding carboxylic acids is 1. The number of hydrogen-bond acceptors (Lipinski definition) is 4. The third-order valence-electron chi connectivity index (χ3n) is 1.36. The first-order valence-electron chi connectivity index (χ1n) is 3.78. The fourth-order valence-electron chi connectivity index (χ4n) is 0.720. The molecule has 0 rings (SSSR count). The largest absolute Gasteiger partial charge is 0.481 e. The standard InChI is InChI=1S/C8H13NO4/c1-3-4-13-8(12)6(9-2)5-7(10)11/h3,6,9H,1,4-5H2,2H3,(H,10,11)/t6-/m0/s1. The van der Waals surface area contributed by atoms with Crippen molar-refractivity contribution in [2.45, 2.75) is 12.5 Å². The predicted molar refractivity (Wildman–Crippen MR) is 46.3 cm³/mol. The zero-order valence-corrected chi connectivity index (χ0v) is 7.45. The molecule has 0 aromatic carbocycles. The summed E-state index contributed by atoms with van der Waals surface area (Å²) in [6, 6.07) is -0.794. The summed E-state index contributed by atoms with van der Waals surface area (Å²) >= 11 is 0. The lowest BCUT2D eigenvalue weighted by Gasteiger charge is -2.11. The highest BCUT2D eigenvalue weighted by molar-refractivity contribution is 5.81. The van der Waals surface area contributed by atoms with Crippen molar-refractivity contribution in [1.29, 1.82) is 0 Å². The molecule has 5 heteroatoms. The number of carboxylic acid groups (broad SMARTS) is 1. The Morgan fingerprint density at radius 3 is 2.69 bits per heavy atom. The minimum Gasteiger partial charge on any atom is -0.481 e. The molecule has 0 amide bonds. The van der Waals surface area contributed by atoms with Crippen LogP contribution in [-0.2, 0) is 14.3 Å². The Kier molecular flexibility index (Phi) is 5.54. The van der Waals surface area contributed by atoms with Gasteiger partial charge in [0.2, 0.25) is 0 Å². The second-order valence-electron chi connectivity index (χ2n) is 2.36. The number of rotatable bonds is 6. The fourth-order valence-corrected chi connectivity index (χ4v) is 0.720. The van der Waals surface area contributed by atoms with Crippen molar-refractivity contribution in [2.75, 3.05) is 13.7 Å². The van der Waals surface area contributed by atoms with Crippen molar-refractivity contribution in [2.24, 2.45) is 0 Å². The lowest BCUT2D eigenvalue weighted by atomic mass is 10.2. The first-order chi connectivity index (χ1) is 6.11. The molecule has 0 heterocycles. The number of ether oxygens (including phenoxy) is 1. The summed E-state index contributed by atoms with van der Waals surface area (Å²) in [4.78, 5) is 21.4. The molecule has 0 saturated carbocycles. The molecule has 13 heavy (non-hydrogen) atoms. The van der Waals surface area contributed by atoms with Gasteiger partial charge in [0.15, 0.2) is 0 Å². The summed E-state index contributed by atoms with van der Waals surface area (Å²) in [5.74, 6) is -1.63. The smallest absolute Gasteiger partial charge is 0.324 e. The van der Waals surface area contributed by atoms with Gasteiger partial charge in [0.25, 0.3) is 0 Å². The van der Waals surface area contributed by atoms with Gasteiger partial charge in [0, 0.05) is 0 Å². The molecule has 0 aliphatic rings. The number of likely N-dealkylation sites (N-methyl/N-ethyl adjacent to an activating group) is 1. The van der Waals surface area contributed by atoms with Gasteiger partial charge in [0.05, 0.1) is 6.42 Å². The van der Waals surface area contributed by atoms with Gasteiger partial charge in [-0.3, -0.25) is 9.59 Å². The lowest BCUT2D eigenvalue weighted by Crippen LogP contribution is -2.37. The number of nitrogens with one attached hydrogen (secondary N) is 1. The summed E-state index contributed by atoms with van der Waals surface area (Å²) in [5.41, 5.74) is 0. The molecule has 0 fully saturated rings. The summed E-state index contributed by atoms with van der Waals surface area (Å²) < 4.78 is 4.66. The van der Waals surface area contributed by atoms with E-state index >= 15 is 0 Å². The molecule has 1 atom stereocenters. The van der Waals surface area contributed by atoms with E-state index in [1.807, 2.05) is 0 Å². The van der Waals surface area contributed by atoms with E-state index in [9.17, 15) is 9.59 Å². The second-order valence-corrected chi connectivity index (χ2v) is 2.36. The van der Waals surface area contributed by atoms with Crippen LogP contribution in [0.1, 0.15) is 6.42 Å². The molecular formula is C8H13NO4. The van der Waals surface area contributed by atoms with Crippen LogP contribution in [0.15, 0.2) is 12.7 Å². The van der Waals surface area contributed by atoms with Gasteiger partial charge >= 0.3 is 11.9 Å². The number of carbonyl (C=O) groups is 2. The number of esters is 1. The minimum atomic E-state index is -1.05. The Morgan fingerprint density at radius 2 is 2.31 bits per heavy atom. The first-order valence-corrected chi connectivity index (χ1v) is 3.78. The topological polar surface area (TPSA) is 75.6 Å². The quantitative estimate of drug-likeness (QED) is 0.444. The van der Waals surface area contributed by atoms with Crippen LogP contribution in [0.5, 0.6) is 0 Å². The zero-order chi connectivity index (χ0) is 10.3. The molecule has 0 unspecified atom stereocenters. The molecule has 5 nitrogen and oxygen atoms in total. The Bertz CT molecular complexity index is 202. The van der Waals surface area contributed by atoms with E-state index in [2.05, 4.69) is 16.6 Å². The highest BCUT2D eigenvalue weighted by atomic mass is 16.5. The molecule has 0 spiro atoms. The van der Waals surface area contributed by atoms with Crippen LogP contribution in [0.2, 0.25) is 0 Å². The van der Waals surface area contributed by atoms with Crippen LogP contribution in [-0.4, -0.2) is 36.7 Å². The predicted octanol–water partition coefficient (Wildman–Crippen LogP) is -0.222. The average Bonchev–Trinajstić information content (AvgIpc) is 2.09. The highest BCUT2D eigenvalue weighted by Gasteiger charge is 2.20. The van der Waals surface area contributed by atoms with Crippen LogP contribution in [0.25, 0.3) is 0 Å². The van der Waals surface area contributed by atoms with Crippen molar-refractivity contribution in [3.05, 3.63) is 12.7 Å². The van der Waals surface area contributed by atoms with Gasteiger partial charge in [-0.2, -0.15) is 0 Å². The van der Waals surface area contributed by atoms with Crippen LogP contribution in [0.4, 0.5) is 0 Å². The maximum absolute atomic E-state index is 11.1. The Balaban J connectivity index is 3.98. The fraction of sp³-hybridized carbons (Fsp3) is 0.500. The van der Waals surface area contributed by atoms with E-state index in [4.69, 9.17) is 5.11 Å². The molecule has 0 aromatic rings. The van der Waals surface area contributed by atoms with E-state index in [1.54, 1.807) is 0 Å². The SMILES string of the molecule is C=CCOC(=O)[C@H](CC(=O)O)NC. The number of carboxylic acids is 1. The molecule has 2 N–H and O–H groups in total. The first kappa shape index (κ1) is 11.6. The van der Waals surface area contributed by atoms with E-state index in [1.165, 1.54) is 13.1 Å². The molecule has 0 aliphatic carbocycles. The van der Waals surface area contributed by atoms with Crippen LogP contribution in [0.3, 0.4) is 0 Å². The van der Waals surface area contributed by atoms with Crippen molar-refractivity contribution in [1.82, 2.24) is 5.32 Å². The van der Waals surface area contributed by atoms with Gasteiger partial charge in [-0.15, -0.1) is 0 Å². The van der Waals surface area contributed by atoms with Gasteiger partial charge in [-0.25, -0.2) is 0 Å². The second kappa shape index (κ2) is 6.19.